The maximum Gasteiger partial charge on any atom is 0.302 e. The lowest BCUT2D eigenvalue weighted by Gasteiger charge is -2.27. The Kier molecular flexibility index (Phi) is 9.37. The van der Waals surface area contributed by atoms with E-state index in [1.807, 2.05) is 42.5 Å². The van der Waals surface area contributed by atoms with E-state index < -0.39 is 17.8 Å². The lowest BCUT2D eigenvalue weighted by molar-refractivity contribution is -0.147. The lowest BCUT2D eigenvalue weighted by atomic mass is 9.93. The predicted octanol–water partition coefficient (Wildman–Crippen LogP) is 5.53. The van der Waals surface area contributed by atoms with Gasteiger partial charge in [-0.1, -0.05) is 43.1 Å². The van der Waals surface area contributed by atoms with E-state index in [4.69, 9.17) is 26.2 Å². The molecule has 1 aliphatic rings. The number of nitrogens with zero attached hydrogens (tertiary/aromatic N) is 4. The van der Waals surface area contributed by atoms with Gasteiger partial charge >= 0.3 is 5.97 Å². The van der Waals surface area contributed by atoms with E-state index in [0.29, 0.717) is 34.2 Å². The minimum Gasteiger partial charge on any atom is -0.492 e. The number of nitriles is 1. The van der Waals surface area contributed by atoms with E-state index in [1.165, 1.54) is 6.92 Å². The molecular weight excluding hydrogens is 544 g/mol. The van der Waals surface area contributed by atoms with Crippen LogP contribution in [-0.4, -0.2) is 52.2 Å². The number of esters is 1. The van der Waals surface area contributed by atoms with Crippen LogP contribution < -0.4 is 4.74 Å². The third-order valence-corrected chi connectivity index (χ3v) is 6.76. The molecule has 0 saturated heterocycles. The zero-order chi connectivity index (χ0) is 29.5. The average Bonchev–Trinajstić information content (AvgIpc) is 3.38. The minimum atomic E-state index is -0.732. The highest BCUT2D eigenvalue weighted by Gasteiger charge is 2.35. The summed E-state index contributed by atoms with van der Waals surface area (Å²) in [6.07, 6.45) is 5.28. The Bertz CT molecular complexity index is 1580. The van der Waals surface area contributed by atoms with Gasteiger partial charge in [-0.3, -0.25) is 19.3 Å². The number of halogens is 1. The second-order valence-electron chi connectivity index (χ2n) is 9.33. The van der Waals surface area contributed by atoms with Crippen LogP contribution in [0.2, 0.25) is 5.02 Å². The van der Waals surface area contributed by atoms with Crippen LogP contribution in [0.5, 0.6) is 5.75 Å². The molecule has 210 valence electrons. The van der Waals surface area contributed by atoms with Gasteiger partial charge in [-0.15, -0.1) is 0 Å². The molecular formula is C31H29ClN4O5. The normalized spacial score (nSPS) is 14.4. The maximum absolute atomic E-state index is 13.5. The van der Waals surface area contributed by atoms with Gasteiger partial charge in [-0.05, 0) is 55.3 Å². The summed E-state index contributed by atoms with van der Waals surface area (Å²) >= 11 is 6.56. The van der Waals surface area contributed by atoms with Crippen molar-refractivity contribution in [1.82, 2.24) is 14.7 Å². The number of rotatable bonds is 10. The summed E-state index contributed by atoms with van der Waals surface area (Å²) in [7, 11) is 0. The van der Waals surface area contributed by atoms with Gasteiger partial charge in [0, 0.05) is 29.8 Å². The molecule has 0 unspecified atom stereocenters. The summed E-state index contributed by atoms with van der Waals surface area (Å²) in [4.78, 5) is 38.6. The second-order valence-corrected chi connectivity index (χ2v) is 9.74. The number of carbonyl (C=O) groups is 3. The van der Waals surface area contributed by atoms with E-state index in [1.54, 1.807) is 36.0 Å². The third-order valence-electron chi connectivity index (χ3n) is 6.47. The van der Waals surface area contributed by atoms with E-state index in [9.17, 15) is 19.6 Å². The first-order valence-corrected chi connectivity index (χ1v) is 13.5. The van der Waals surface area contributed by atoms with E-state index in [2.05, 4.69) is 6.92 Å². The first kappa shape index (κ1) is 29.3. The number of benzene rings is 2. The number of unbranched alkanes of at least 4 members (excludes halogenated alkanes) is 1. The minimum absolute atomic E-state index is 0.156. The highest BCUT2D eigenvalue weighted by atomic mass is 35.5. The zero-order valence-electron chi connectivity index (χ0n) is 23.0. The van der Waals surface area contributed by atoms with Crippen molar-refractivity contribution >= 4 is 35.5 Å². The molecule has 10 heteroatoms. The van der Waals surface area contributed by atoms with Crippen LogP contribution in [0.1, 0.15) is 39.2 Å². The van der Waals surface area contributed by atoms with Gasteiger partial charge in [0.2, 0.25) is 0 Å². The Morgan fingerprint density at radius 3 is 2.54 bits per heavy atom. The van der Waals surface area contributed by atoms with Crippen LogP contribution in [0.3, 0.4) is 0 Å². The molecule has 1 aliphatic heterocycles. The van der Waals surface area contributed by atoms with Crippen LogP contribution >= 0.6 is 11.6 Å². The molecule has 9 nitrogen and oxygen atoms in total. The van der Waals surface area contributed by atoms with Gasteiger partial charge in [0.25, 0.3) is 11.8 Å². The average molecular weight is 573 g/mol. The van der Waals surface area contributed by atoms with Crippen molar-refractivity contribution in [3.8, 4) is 28.8 Å². The molecule has 0 saturated carbocycles. The van der Waals surface area contributed by atoms with E-state index in [0.717, 1.165) is 23.4 Å². The monoisotopic (exact) mass is 572 g/mol. The van der Waals surface area contributed by atoms with Crippen molar-refractivity contribution in [1.29, 1.82) is 5.26 Å². The molecule has 0 fully saturated rings. The summed E-state index contributed by atoms with van der Waals surface area (Å²) in [5.74, 6) is -1.31. The Morgan fingerprint density at radius 2 is 1.88 bits per heavy atom. The van der Waals surface area contributed by atoms with Gasteiger partial charge in [0.15, 0.2) is 0 Å². The van der Waals surface area contributed by atoms with Crippen molar-refractivity contribution in [3.05, 3.63) is 82.0 Å². The lowest BCUT2D eigenvalue weighted by Crippen LogP contribution is -2.44. The fraction of sp³-hybridized carbons (Fsp3) is 0.258. The Morgan fingerprint density at radius 1 is 1.12 bits per heavy atom. The summed E-state index contributed by atoms with van der Waals surface area (Å²) in [6, 6.07) is 16.8. The van der Waals surface area contributed by atoms with Crippen LogP contribution in [0.4, 0.5) is 0 Å². The summed E-state index contributed by atoms with van der Waals surface area (Å²) in [5, 5.41) is 14.9. The molecule has 41 heavy (non-hydrogen) atoms. The molecule has 0 N–H and O–H groups in total. The van der Waals surface area contributed by atoms with Gasteiger partial charge in [0.1, 0.15) is 29.7 Å². The van der Waals surface area contributed by atoms with Crippen LogP contribution in [-0.2, 0) is 19.1 Å². The van der Waals surface area contributed by atoms with Crippen molar-refractivity contribution in [3.63, 3.8) is 0 Å². The van der Waals surface area contributed by atoms with Crippen molar-refractivity contribution in [2.45, 2.75) is 33.6 Å². The molecule has 4 rings (SSSR count). The number of para-hydroxylation sites is 1. The predicted molar refractivity (Wildman–Crippen MR) is 154 cm³/mol. The number of imide groups is 1. The topological polar surface area (TPSA) is 115 Å². The largest absolute Gasteiger partial charge is 0.492 e. The fourth-order valence-corrected chi connectivity index (χ4v) is 4.53. The first-order chi connectivity index (χ1) is 19.7. The SMILES string of the molecule is CCCCOc1ccc(-c2nn(-c3ccccc3)cc2/C=C2/C(=O)N(CCOC(C)=O)C(=O)C(C#N)=C2C)cc1Cl. The highest BCUT2D eigenvalue weighted by molar-refractivity contribution is 6.32. The number of aromatic nitrogens is 2. The molecule has 0 spiro atoms. The Hall–Kier alpha value is -4.68. The number of hydrogen-bond acceptors (Lipinski definition) is 7. The molecule has 0 aliphatic carbocycles. The Labute approximate surface area is 243 Å². The molecule has 3 aromatic rings. The van der Waals surface area contributed by atoms with Gasteiger partial charge in [0.05, 0.1) is 23.9 Å². The van der Waals surface area contributed by atoms with E-state index >= 15 is 0 Å². The molecule has 2 heterocycles. The van der Waals surface area contributed by atoms with E-state index in [-0.39, 0.29) is 29.9 Å². The smallest absolute Gasteiger partial charge is 0.302 e. The van der Waals surface area contributed by atoms with Gasteiger partial charge in [-0.2, -0.15) is 10.4 Å². The van der Waals surface area contributed by atoms with Crippen LogP contribution in [0.25, 0.3) is 23.0 Å². The van der Waals surface area contributed by atoms with Gasteiger partial charge < -0.3 is 9.47 Å². The molecule has 0 atom stereocenters. The standard InChI is InChI=1S/C31H29ClN4O5/c1-4-5-14-41-28-12-11-22(17-27(28)32)29-23(19-36(34-29)24-9-7-6-8-10-24)16-25-20(2)26(18-33)31(39)35(30(25)38)13-15-40-21(3)37/h6-12,16-17,19H,4-5,13-15H2,1-3H3/b25-16+. The zero-order valence-corrected chi connectivity index (χ0v) is 23.8. The second kappa shape index (κ2) is 13.1. The summed E-state index contributed by atoms with van der Waals surface area (Å²) in [6.45, 7) is 5.06. The third kappa shape index (κ3) is 6.56. The van der Waals surface area contributed by atoms with Crippen molar-refractivity contribution in [2.75, 3.05) is 19.8 Å². The molecule has 2 aromatic carbocycles. The van der Waals surface area contributed by atoms with Crippen molar-refractivity contribution in [2.24, 2.45) is 0 Å². The van der Waals surface area contributed by atoms with Gasteiger partial charge in [-0.25, -0.2) is 4.68 Å². The number of amides is 2. The van der Waals surface area contributed by atoms with Crippen molar-refractivity contribution < 1.29 is 23.9 Å². The molecule has 2 amide bonds. The first-order valence-electron chi connectivity index (χ1n) is 13.2. The summed E-state index contributed by atoms with van der Waals surface area (Å²) in [5.41, 5.74) is 2.83. The van der Waals surface area contributed by atoms with Crippen LogP contribution in [0, 0.1) is 11.3 Å². The van der Waals surface area contributed by atoms with Crippen LogP contribution in [0.15, 0.2) is 71.4 Å². The quantitative estimate of drug-likeness (QED) is 0.136. The maximum atomic E-state index is 13.5. The highest BCUT2D eigenvalue weighted by Crippen LogP contribution is 2.34. The molecule has 0 bridgehead atoms. The number of hydrogen-bond donors (Lipinski definition) is 0. The fourth-order valence-electron chi connectivity index (χ4n) is 4.29. The number of ether oxygens (including phenoxy) is 2. The molecule has 1 aromatic heterocycles. The molecule has 0 radical (unpaired) electrons. The summed E-state index contributed by atoms with van der Waals surface area (Å²) < 4.78 is 12.4. The number of carbonyl (C=O) groups excluding carboxylic acids is 3. The Balaban J connectivity index is 1.81.